The van der Waals surface area contributed by atoms with E-state index < -0.39 is 0 Å². The van der Waals surface area contributed by atoms with Gasteiger partial charge < -0.3 is 18.9 Å². The maximum atomic E-state index is 6.04. The Bertz CT molecular complexity index is 870. The van der Waals surface area contributed by atoms with Crippen molar-refractivity contribution in [1.29, 1.82) is 0 Å². The first kappa shape index (κ1) is 16.7. The molecule has 2 heterocycles. The van der Waals surface area contributed by atoms with Crippen molar-refractivity contribution in [2.75, 3.05) is 24.7 Å². The molecule has 0 unspecified atom stereocenters. The Morgan fingerprint density at radius 3 is 2.73 bits per heavy atom. The molecule has 1 aromatic heterocycles. The van der Waals surface area contributed by atoms with Crippen molar-refractivity contribution in [3.63, 3.8) is 0 Å². The van der Waals surface area contributed by atoms with Gasteiger partial charge >= 0.3 is 0 Å². The second kappa shape index (κ2) is 7.26. The molecule has 0 spiro atoms. The molecule has 0 N–H and O–H groups in total. The lowest BCUT2D eigenvalue weighted by atomic mass is 10.2. The van der Waals surface area contributed by atoms with Gasteiger partial charge in [-0.3, -0.25) is 0 Å². The predicted molar refractivity (Wildman–Crippen MR) is 104 cm³/mol. The second-order valence-electron chi connectivity index (χ2n) is 6.53. The molecular weight excluding hydrogens is 324 g/mol. The summed E-state index contributed by atoms with van der Waals surface area (Å²) in [6.45, 7) is 6.42. The third kappa shape index (κ3) is 3.33. The minimum atomic E-state index is -0.0472. The van der Waals surface area contributed by atoms with Crippen LogP contribution in [0.25, 0.3) is 5.69 Å². The second-order valence-corrected chi connectivity index (χ2v) is 6.53. The van der Waals surface area contributed by atoms with Crippen molar-refractivity contribution < 1.29 is 9.47 Å². The lowest BCUT2D eigenvalue weighted by Gasteiger charge is -2.24. The zero-order valence-electron chi connectivity index (χ0n) is 15.3. The minimum absolute atomic E-state index is 0.0472. The van der Waals surface area contributed by atoms with E-state index in [1.807, 2.05) is 19.1 Å². The number of hydrogen-bond donors (Lipinski definition) is 0. The highest BCUT2D eigenvalue weighted by Gasteiger charge is 2.27. The van der Waals surface area contributed by atoms with Crippen molar-refractivity contribution in [1.82, 2.24) is 4.57 Å². The molecule has 0 bridgehead atoms. The number of benzene rings is 2. The summed E-state index contributed by atoms with van der Waals surface area (Å²) in [7, 11) is 0. The van der Waals surface area contributed by atoms with Crippen LogP contribution >= 0.6 is 0 Å². The standard InChI is InChI=1S/C22H24N2O2/c1-3-25-21-6-4-5-20(15-21)23-12-11-18(16-23)22-24(13-14-26-22)19-9-7-17(2)8-10-19/h4-12,15-16,22H,3,13-14H2,1-2H3/t22-/m0/s1. The largest absolute Gasteiger partial charge is 0.494 e. The molecule has 1 aliphatic rings. The Labute approximate surface area is 154 Å². The number of rotatable bonds is 5. The Hall–Kier alpha value is -2.72. The van der Waals surface area contributed by atoms with Gasteiger partial charge in [0.05, 0.1) is 13.2 Å². The van der Waals surface area contributed by atoms with Crippen LogP contribution in [0.4, 0.5) is 5.69 Å². The highest BCUT2D eigenvalue weighted by Crippen LogP contribution is 2.33. The molecule has 1 aliphatic heterocycles. The summed E-state index contributed by atoms with van der Waals surface area (Å²) in [5, 5.41) is 0. The van der Waals surface area contributed by atoms with Crippen molar-refractivity contribution >= 4 is 5.69 Å². The zero-order chi connectivity index (χ0) is 17.9. The molecule has 4 nitrogen and oxygen atoms in total. The highest BCUT2D eigenvalue weighted by atomic mass is 16.5. The zero-order valence-corrected chi connectivity index (χ0v) is 15.3. The fourth-order valence-corrected chi connectivity index (χ4v) is 3.37. The van der Waals surface area contributed by atoms with Crippen molar-refractivity contribution in [2.24, 2.45) is 0 Å². The molecule has 4 rings (SSSR count). The van der Waals surface area contributed by atoms with Gasteiger partial charge in [0.1, 0.15) is 5.75 Å². The van der Waals surface area contributed by atoms with Crippen LogP contribution in [0.3, 0.4) is 0 Å². The van der Waals surface area contributed by atoms with Crippen LogP contribution in [0, 0.1) is 6.92 Å². The minimum Gasteiger partial charge on any atom is -0.494 e. The molecule has 1 atom stereocenters. The number of nitrogens with zero attached hydrogens (tertiary/aromatic N) is 2. The topological polar surface area (TPSA) is 26.6 Å². The number of ether oxygens (including phenoxy) is 2. The van der Waals surface area contributed by atoms with Gasteiger partial charge in [0, 0.05) is 41.9 Å². The van der Waals surface area contributed by atoms with E-state index in [1.54, 1.807) is 0 Å². The van der Waals surface area contributed by atoms with Crippen molar-refractivity contribution in [2.45, 2.75) is 20.1 Å². The molecule has 0 amide bonds. The Morgan fingerprint density at radius 2 is 1.92 bits per heavy atom. The molecule has 1 saturated heterocycles. The summed E-state index contributed by atoms with van der Waals surface area (Å²) in [4.78, 5) is 2.32. The summed E-state index contributed by atoms with van der Waals surface area (Å²) >= 11 is 0. The van der Waals surface area contributed by atoms with E-state index in [9.17, 15) is 0 Å². The number of anilines is 1. The van der Waals surface area contributed by atoms with Gasteiger partial charge in [0.25, 0.3) is 0 Å². The fraction of sp³-hybridized carbons (Fsp3) is 0.273. The number of aromatic nitrogens is 1. The van der Waals surface area contributed by atoms with E-state index in [0.29, 0.717) is 6.61 Å². The van der Waals surface area contributed by atoms with Crippen molar-refractivity contribution in [3.05, 3.63) is 78.1 Å². The van der Waals surface area contributed by atoms with Crippen LogP contribution in [-0.2, 0) is 4.74 Å². The molecule has 0 radical (unpaired) electrons. The number of hydrogen-bond acceptors (Lipinski definition) is 3. The van der Waals surface area contributed by atoms with E-state index in [4.69, 9.17) is 9.47 Å². The molecule has 3 aromatic rings. The quantitative estimate of drug-likeness (QED) is 0.667. The predicted octanol–water partition coefficient (Wildman–Crippen LogP) is 4.72. The maximum Gasteiger partial charge on any atom is 0.158 e. The van der Waals surface area contributed by atoms with Gasteiger partial charge in [-0.15, -0.1) is 0 Å². The van der Waals surface area contributed by atoms with Crippen LogP contribution in [0.15, 0.2) is 67.0 Å². The van der Waals surface area contributed by atoms with Gasteiger partial charge in [-0.25, -0.2) is 0 Å². The summed E-state index contributed by atoms with van der Waals surface area (Å²) < 4.78 is 13.8. The average molecular weight is 348 g/mol. The third-order valence-corrected chi connectivity index (χ3v) is 4.68. The molecular formula is C22H24N2O2. The molecule has 4 heteroatoms. The molecule has 0 saturated carbocycles. The summed E-state index contributed by atoms with van der Waals surface area (Å²) in [5.41, 5.74) is 4.71. The molecule has 1 fully saturated rings. The highest BCUT2D eigenvalue weighted by molar-refractivity contribution is 5.50. The lowest BCUT2D eigenvalue weighted by molar-refractivity contribution is 0.114. The van der Waals surface area contributed by atoms with E-state index in [2.05, 4.69) is 71.2 Å². The summed E-state index contributed by atoms with van der Waals surface area (Å²) in [5.74, 6) is 0.888. The number of aryl methyl sites for hydroxylation is 1. The van der Waals surface area contributed by atoms with E-state index in [-0.39, 0.29) is 6.23 Å². The van der Waals surface area contributed by atoms with Gasteiger partial charge in [-0.1, -0.05) is 23.8 Å². The monoisotopic (exact) mass is 348 g/mol. The van der Waals surface area contributed by atoms with Crippen LogP contribution in [0.1, 0.15) is 24.3 Å². The first-order chi connectivity index (χ1) is 12.7. The van der Waals surface area contributed by atoms with Crippen LogP contribution in [0.2, 0.25) is 0 Å². The smallest absolute Gasteiger partial charge is 0.158 e. The first-order valence-electron chi connectivity index (χ1n) is 9.10. The lowest BCUT2D eigenvalue weighted by Crippen LogP contribution is -2.22. The summed E-state index contributed by atoms with van der Waals surface area (Å²) in [6.07, 6.45) is 4.17. The van der Waals surface area contributed by atoms with Crippen LogP contribution in [-0.4, -0.2) is 24.3 Å². The van der Waals surface area contributed by atoms with Crippen LogP contribution in [0.5, 0.6) is 5.75 Å². The molecule has 0 aliphatic carbocycles. The maximum absolute atomic E-state index is 6.04. The van der Waals surface area contributed by atoms with E-state index in [0.717, 1.165) is 30.2 Å². The van der Waals surface area contributed by atoms with Crippen molar-refractivity contribution in [3.8, 4) is 11.4 Å². The third-order valence-electron chi connectivity index (χ3n) is 4.68. The van der Waals surface area contributed by atoms with E-state index in [1.165, 1.54) is 11.3 Å². The van der Waals surface area contributed by atoms with Gasteiger partial charge in [-0.05, 0) is 44.2 Å². The average Bonchev–Trinajstić information content (AvgIpc) is 3.32. The summed E-state index contributed by atoms with van der Waals surface area (Å²) in [6, 6.07) is 18.9. The fourth-order valence-electron chi connectivity index (χ4n) is 3.37. The Balaban J connectivity index is 1.59. The SMILES string of the molecule is CCOc1cccc(-n2ccc([C@@H]3OCCN3c3ccc(C)cc3)c2)c1. The molecule has 26 heavy (non-hydrogen) atoms. The van der Waals surface area contributed by atoms with Gasteiger partial charge in [-0.2, -0.15) is 0 Å². The molecule has 2 aromatic carbocycles. The van der Waals surface area contributed by atoms with Gasteiger partial charge in [0.2, 0.25) is 0 Å². The Morgan fingerprint density at radius 1 is 1.08 bits per heavy atom. The normalized spacial score (nSPS) is 16.8. The first-order valence-corrected chi connectivity index (χ1v) is 9.10. The van der Waals surface area contributed by atoms with Gasteiger partial charge in [0.15, 0.2) is 6.23 Å². The van der Waals surface area contributed by atoms with E-state index >= 15 is 0 Å². The molecule has 134 valence electrons. The Kier molecular flexibility index (Phi) is 4.67. The van der Waals surface area contributed by atoms with Crippen LogP contribution < -0.4 is 9.64 Å².